The van der Waals surface area contributed by atoms with E-state index in [-0.39, 0.29) is 17.9 Å². The van der Waals surface area contributed by atoms with Gasteiger partial charge in [0.1, 0.15) is 0 Å². The maximum atomic E-state index is 12.3. The Balaban J connectivity index is 2.61. The molecule has 1 fully saturated rings. The number of aliphatic hydroxyl groups is 1. The second kappa shape index (κ2) is 5.36. The van der Waals surface area contributed by atoms with Gasteiger partial charge in [0.2, 0.25) is 5.91 Å². The number of likely N-dealkylation sites (N-methyl/N-ethyl adjacent to an activating group) is 1. The Hall–Kier alpha value is -0.610. The minimum atomic E-state index is -0.843. The van der Waals surface area contributed by atoms with Crippen LogP contribution in [0.2, 0.25) is 0 Å². The maximum absolute atomic E-state index is 12.3. The van der Waals surface area contributed by atoms with Crippen LogP contribution < -0.4 is 5.73 Å². The zero-order chi connectivity index (χ0) is 13.2. The first-order valence-electron chi connectivity index (χ1n) is 6.43. The van der Waals surface area contributed by atoms with Gasteiger partial charge in [0, 0.05) is 25.6 Å². The van der Waals surface area contributed by atoms with Crippen LogP contribution in [0.4, 0.5) is 0 Å². The zero-order valence-electron chi connectivity index (χ0n) is 11.4. The Morgan fingerprint density at radius 1 is 1.47 bits per heavy atom. The summed E-state index contributed by atoms with van der Waals surface area (Å²) in [6.45, 7) is 5.91. The summed E-state index contributed by atoms with van der Waals surface area (Å²) >= 11 is 0. The van der Waals surface area contributed by atoms with Crippen molar-refractivity contribution in [2.75, 3.05) is 13.6 Å². The van der Waals surface area contributed by atoms with Gasteiger partial charge in [-0.1, -0.05) is 6.92 Å². The quantitative estimate of drug-likeness (QED) is 0.775. The van der Waals surface area contributed by atoms with E-state index in [0.29, 0.717) is 12.5 Å². The van der Waals surface area contributed by atoms with Crippen molar-refractivity contribution in [1.29, 1.82) is 0 Å². The fraction of sp³-hybridized carbons (Fsp3) is 0.923. The molecule has 1 amide bonds. The Labute approximate surface area is 104 Å². The van der Waals surface area contributed by atoms with Crippen LogP contribution in [-0.2, 0) is 4.79 Å². The molecule has 3 unspecified atom stereocenters. The predicted molar refractivity (Wildman–Crippen MR) is 68.4 cm³/mol. The second-order valence-corrected chi connectivity index (χ2v) is 6.16. The van der Waals surface area contributed by atoms with Crippen molar-refractivity contribution in [2.24, 2.45) is 17.6 Å². The van der Waals surface area contributed by atoms with Crippen molar-refractivity contribution >= 4 is 5.91 Å². The Bertz CT molecular complexity index is 273. The molecule has 0 saturated heterocycles. The van der Waals surface area contributed by atoms with Crippen molar-refractivity contribution in [3.05, 3.63) is 0 Å². The average Bonchev–Trinajstić information content (AvgIpc) is 2.18. The predicted octanol–water partition coefficient (Wildman–Crippen LogP) is 0.979. The molecular formula is C13H26N2O2. The third-order valence-electron chi connectivity index (χ3n) is 3.55. The fourth-order valence-electron chi connectivity index (χ4n) is 2.64. The van der Waals surface area contributed by atoms with Gasteiger partial charge in [0.05, 0.1) is 5.60 Å². The van der Waals surface area contributed by atoms with Crippen LogP contribution in [0.5, 0.6) is 0 Å². The van der Waals surface area contributed by atoms with Crippen LogP contribution in [0.1, 0.15) is 40.0 Å². The number of amides is 1. The minimum Gasteiger partial charge on any atom is -0.389 e. The van der Waals surface area contributed by atoms with Crippen LogP contribution in [0.3, 0.4) is 0 Å². The van der Waals surface area contributed by atoms with Crippen LogP contribution in [0.15, 0.2) is 0 Å². The van der Waals surface area contributed by atoms with Gasteiger partial charge in [-0.05, 0) is 39.0 Å². The van der Waals surface area contributed by atoms with Gasteiger partial charge in [-0.25, -0.2) is 0 Å². The number of hydrogen-bond donors (Lipinski definition) is 2. The third kappa shape index (κ3) is 4.28. The van der Waals surface area contributed by atoms with E-state index in [1.807, 2.05) is 0 Å². The van der Waals surface area contributed by atoms with Gasteiger partial charge in [0.25, 0.3) is 0 Å². The van der Waals surface area contributed by atoms with Crippen LogP contribution in [-0.4, -0.2) is 41.1 Å². The summed E-state index contributed by atoms with van der Waals surface area (Å²) in [6.07, 6.45) is 2.81. The monoisotopic (exact) mass is 242 g/mol. The molecule has 3 atom stereocenters. The lowest BCUT2D eigenvalue weighted by Gasteiger charge is -2.35. The lowest BCUT2D eigenvalue weighted by atomic mass is 9.77. The number of nitrogens with zero attached hydrogens (tertiary/aromatic N) is 1. The molecule has 0 spiro atoms. The third-order valence-corrected chi connectivity index (χ3v) is 3.55. The first kappa shape index (κ1) is 14.5. The Morgan fingerprint density at radius 3 is 2.59 bits per heavy atom. The van der Waals surface area contributed by atoms with Gasteiger partial charge < -0.3 is 15.7 Å². The van der Waals surface area contributed by atoms with Crippen molar-refractivity contribution < 1.29 is 9.90 Å². The molecule has 1 rings (SSSR count). The normalized spacial score (nSPS) is 30.1. The van der Waals surface area contributed by atoms with E-state index < -0.39 is 5.60 Å². The van der Waals surface area contributed by atoms with Crippen molar-refractivity contribution in [3.63, 3.8) is 0 Å². The Morgan fingerprint density at radius 2 is 2.06 bits per heavy atom. The van der Waals surface area contributed by atoms with Crippen LogP contribution in [0, 0.1) is 11.8 Å². The number of rotatable bonds is 3. The highest BCUT2D eigenvalue weighted by atomic mass is 16.3. The molecular weight excluding hydrogens is 216 g/mol. The summed E-state index contributed by atoms with van der Waals surface area (Å²) in [5.41, 5.74) is 5.09. The van der Waals surface area contributed by atoms with Crippen molar-refractivity contribution in [3.8, 4) is 0 Å². The Kier molecular flexibility index (Phi) is 4.55. The summed E-state index contributed by atoms with van der Waals surface area (Å²) in [5.74, 6) is 0.535. The largest absolute Gasteiger partial charge is 0.389 e. The van der Waals surface area contributed by atoms with E-state index in [1.165, 1.54) is 0 Å². The van der Waals surface area contributed by atoms with E-state index in [4.69, 9.17) is 5.73 Å². The van der Waals surface area contributed by atoms with Crippen LogP contribution >= 0.6 is 0 Å². The van der Waals surface area contributed by atoms with Crippen molar-refractivity contribution in [1.82, 2.24) is 4.90 Å². The summed E-state index contributed by atoms with van der Waals surface area (Å²) < 4.78 is 0. The van der Waals surface area contributed by atoms with E-state index in [1.54, 1.807) is 25.8 Å². The fourth-order valence-corrected chi connectivity index (χ4v) is 2.64. The highest BCUT2D eigenvalue weighted by Crippen LogP contribution is 2.30. The molecule has 0 aromatic carbocycles. The lowest BCUT2D eigenvalue weighted by Crippen LogP contribution is -2.46. The molecule has 100 valence electrons. The van der Waals surface area contributed by atoms with Crippen LogP contribution in [0.25, 0.3) is 0 Å². The van der Waals surface area contributed by atoms with E-state index >= 15 is 0 Å². The van der Waals surface area contributed by atoms with E-state index in [2.05, 4.69) is 6.92 Å². The number of carbonyl (C=O) groups is 1. The van der Waals surface area contributed by atoms with Gasteiger partial charge in [0.15, 0.2) is 0 Å². The smallest absolute Gasteiger partial charge is 0.225 e. The molecule has 4 nitrogen and oxygen atoms in total. The number of hydrogen-bond acceptors (Lipinski definition) is 3. The molecule has 17 heavy (non-hydrogen) atoms. The zero-order valence-corrected chi connectivity index (χ0v) is 11.4. The average molecular weight is 242 g/mol. The topological polar surface area (TPSA) is 66.6 Å². The lowest BCUT2D eigenvalue weighted by molar-refractivity contribution is -0.139. The molecule has 0 radical (unpaired) electrons. The van der Waals surface area contributed by atoms with Crippen molar-refractivity contribution in [2.45, 2.75) is 51.7 Å². The molecule has 1 aliphatic rings. The highest BCUT2D eigenvalue weighted by Gasteiger charge is 2.34. The highest BCUT2D eigenvalue weighted by molar-refractivity contribution is 5.79. The molecule has 0 bridgehead atoms. The summed E-state index contributed by atoms with van der Waals surface area (Å²) in [6, 6.07) is 0.149. The summed E-state index contributed by atoms with van der Waals surface area (Å²) in [4.78, 5) is 13.9. The number of carbonyl (C=O) groups excluding carboxylic acids is 1. The first-order chi connectivity index (χ1) is 7.70. The molecule has 1 aliphatic carbocycles. The van der Waals surface area contributed by atoms with Gasteiger partial charge in [-0.3, -0.25) is 4.79 Å². The van der Waals surface area contributed by atoms with E-state index in [0.717, 1.165) is 19.3 Å². The maximum Gasteiger partial charge on any atom is 0.225 e. The molecule has 0 aromatic heterocycles. The second-order valence-electron chi connectivity index (χ2n) is 6.16. The number of nitrogens with two attached hydrogens (primary N) is 1. The standard InChI is InChI=1S/C13H26N2O2/c1-9-5-6-10(14)7-11(9)12(16)15(4)8-13(2,3)17/h9-11,17H,5-8,14H2,1-4H3. The molecule has 0 aromatic rings. The summed E-state index contributed by atoms with van der Waals surface area (Å²) in [7, 11) is 1.76. The molecule has 4 heteroatoms. The molecule has 0 heterocycles. The molecule has 0 aliphatic heterocycles. The van der Waals surface area contributed by atoms with Gasteiger partial charge in [-0.2, -0.15) is 0 Å². The summed E-state index contributed by atoms with van der Waals surface area (Å²) in [5, 5.41) is 9.73. The van der Waals surface area contributed by atoms with Gasteiger partial charge in [-0.15, -0.1) is 0 Å². The molecule has 3 N–H and O–H groups in total. The van der Waals surface area contributed by atoms with Gasteiger partial charge >= 0.3 is 0 Å². The van der Waals surface area contributed by atoms with E-state index in [9.17, 15) is 9.90 Å². The minimum absolute atomic E-state index is 0.0195. The molecule has 1 saturated carbocycles. The first-order valence-corrected chi connectivity index (χ1v) is 6.43. The SMILES string of the molecule is CC1CCC(N)CC1C(=O)N(C)CC(C)(C)O.